The lowest BCUT2D eigenvalue weighted by molar-refractivity contribution is 0.607. The zero-order valence-corrected chi connectivity index (χ0v) is 12.2. The Kier molecular flexibility index (Phi) is 4.11. The zero-order chi connectivity index (χ0) is 14.6. The van der Waals surface area contributed by atoms with Crippen LogP contribution in [0.1, 0.15) is 16.7 Å². The summed E-state index contributed by atoms with van der Waals surface area (Å²) < 4.78 is 25.1. The van der Waals surface area contributed by atoms with Crippen LogP contribution in [0.15, 0.2) is 48.5 Å². The van der Waals surface area contributed by atoms with E-state index >= 15 is 0 Å². The summed E-state index contributed by atoms with van der Waals surface area (Å²) in [4.78, 5) is 0. The van der Waals surface area contributed by atoms with E-state index in [2.05, 4.69) is 16.6 Å². The lowest BCUT2D eigenvalue weighted by Gasteiger charge is -2.05. The molecule has 0 saturated carbocycles. The highest BCUT2D eigenvalue weighted by molar-refractivity contribution is 7.92. The van der Waals surface area contributed by atoms with Crippen LogP contribution in [-0.2, 0) is 10.0 Å². The molecule has 1 N–H and O–H groups in total. The van der Waals surface area contributed by atoms with E-state index in [0.29, 0.717) is 11.3 Å². The predicted molar refractivity (Wildman–Crippen MR) is 82.1 cm³/mol. The Balaban J connectivity index is 2.33. The fourth-order valence-electron chi connectivity index (χ4n) is 1.66. The molecule has 0 aliphatic carbocycles. The standard InChI is InChI=1S/C16H15NO2S/c1-13-7-9-14(10-8-13)11-12-15-5-3-4-6-16(15)17-20(2,18)19/h3-10,17H,1-2H3. The average Bonchev–Trinajstić information content (AvgIpc) is 2.38. The molecule has 0 amide bonds. The van der Waals surface area contributed by atoms with Gasteiger partial charge in [0.2, 0.25) is 10.0 Å². The van der Waals surface area contributed by atoms with Gasteiger partial charge in [-0.1, -0.05) is 41.7 Å². The topological polar surface area (TPSA) is 46.2 Å². The molecule has 0 aromatic heterocycles. The highest BCUT2D eigenvalue weighted by atomic mass is 32.2. The fraction of sp³-hybridized carbons (Fsp3) is 0.125. The Labute approximate surface area is 119 Å². The minimum Gasteiger partial charge on any atom is -0.283 e. The van der Waals surface area contributed by atoms with Gasteiger partial charge >= 0.3 is 0 Å². The quantitative estimate of drug-likeness (QED) is 0.862. The number of hydrogen-bond donors (Lipinski definition) is 1. The molecule has 2 aromatic carbocycles. The van der Waals surface area contributed by atoms with Crippen LogP contribution in [0.25, 0.3) is 0 Å². The van der Waals surface area contributed by atoms with Gasteiger partial charge in [-0.3, -0.25) is 4.72 Å². The highest BCUT2D eigenvalue weighted by Crippen LogP contribution is 2.15. The third-order valence-electron chi connectivity index (χ3n) is 2.62. The van der Waals surface area contributed by atoms with Crippen molar-refractivity contribution in [1.29, 1.82) is 0 Å². The van der Waals surface area contributed by atoms with Gasteiger partial charge in [0.1, 0.15) is 0 Å². The number of para-hydroxylation sites is 1. The maximum absolute atomic E-state index is 11.3. The van der Waals surface area contributed by atoms with Crippen molar-refractivity contribution in [3.05, 3.63) is 65.2 Å². The first kappa shape index (κ1) is 14.2. The third kappa shape index (κ3) is 4.15. The van der Waals surface area contributed by atoms with Crippen molar-refractivity contribution in [2.24, 2.45) is 0 Å². The van der Waals surface area contributed by atoms with Crippen LogP contribution in [0.4, 0.5) is 5.69 Å². The smallest absolute Gasteiger partial charge is 0.229 e. The number of aryl methyl sites for hydroxylation is 1. The second kappa shape index (κ2) is 5.81. The number of hydrogen-bond acceptors (Lipinski definition) is 2. The first-order valence-electron chi connectivity index (χ1n) is 6.09. The summed E-state index contributed by atoms with van der Waals surface area (Å²) in [6.07, 6.45) is 1.12. The van der Waals surface area contributed by atoms with Gasteiger partial charge < -0.3 is 0 Å². The predicted octanol–water partition coefficient (Wildman–Crippen LogP) is 2.77. The number of rotatable bonds is 2. The van der Waals surface area contributed by atoms with Crippen molar-refractivity contribution in [3.8, 4) is 11.8 Å². The average molecular weight is 285 g/mol. The normalized spacial score (nSPS) is 10.5. The number of sulfonamides is 1. The molecule has 0 saturated heterocycles. The molecule has 0 spiro atoms. The van der Waals surface area contributed by atoms with E-state index in [1.165, 1.54) is 5.56 Å². The van der Waals surface area contributed by atoms with Crippen LogP contribution in [0.3, 0.4) is 0 Å². The fourth-order valence-corrected chi connectivity index (χ4v) is 2.23. The van der Waals surface area contributed by atoms with E-state index in [1.807, 2.05) is 37.3 Å². The molecule has 20 heavy (non-hydrogen) atoms. The minimum atomic E-state index is -3.31. The molecule has 2 rings (SSSR count). The van der Waals surface area contributed by atoms with Gasteiger partial charge in [-0.2, -0.15) is 0 Å². The molecular weight excluding hydrogens is 270 g/mol. The molecule has 0 unspecified atom stereocenters. The zero-order valence-electron chi connectivity index (χ0n) is 11.3. The van der Waals surface area contributed by atoms with Crippen LogP contribution in [0.5, 0.6) is 0 Å². The van der Waals surface area contributed by atoms with Crippen molar-refractivity contribution < 1.29 is 8.42 Å². The SMILES string of the molecule is Cc1ccc(C#Cc2ccccc2NS(C)(=O)=O)cc1. The molecule has 3 nitrogen and oxygen atoms in total. The molecule has 0 atom stereocenters. The first-order valence-corrected chi connectivity index (χ1v) is 7.99. The molecule has 102 valence electrons. The van der Waals surface area contributed by atoms with Crippen LogP contribution in [0.2, 0.25) is 0 Å². The van der Waals surface area contributed by atoms with Gasteiger partial charge in [-0.25, -0.2) is 8.42 Å². The molecule has 4 heteroatoms. The summed E-state index contributed by atoms with van der Waals surface area (Å²) >= 11 is 0. The van der Waals surface area contributed by atoms with Gasteiger partial charge in [-0.15, -0.1) is 0 Å². The summed E-state index contributed by atoms with van der Waals surface area (Å²) in [5.74, 6) is 6.02. The summed E-state index contributed by atoms with van der Waals surface area (Å²) in [7, 11) is -3.31. The molecule has 0 bridgehead atoms. The van der Waals surface area contributed by atoms with Crippen molar-refractivity contribution in [2.45, 2.75) is 6.92 Å². The summed E-state index contributed by atoms with van der Waals surface area (Å²) in [6.45, 7) is 2.02. The molecule has 0 heterocycles. The van der Waals surface area contributed by atoms with Gasteiger partial charge in [0, 0.05) is 11.1 Å². The second-order valence-corrected chi connectivity index (χ2v) is 6.28. The van der Waals surface area contributed by atoms with Crippen molar-refractivity contribution in [2.75, 3.05) is 11.0 Å². The van der Waals surface area contributed by atoms with Crippen LogP contribution < -0.4 is 4.72 Å². The van der Waals surface area contributed by atoms with Crippen LogP contribution in [-0.4, -0.2) is 14.7 Å². The van der Waals surface area contributed by atoms with Gasteiger partial charge in [0.15, 0.2) is 0 Å². The molecule has 0 aliphatic rings. The third-order valence-corrected chi connectivity index (χ3v) is 3.21. The maximum atomic E-state index is 11.3. The number of nitrogens with one attached hydrogen (secondary N) is 1. The van der Waals surface area contributed by atoms with E-state index in [9.17, 15) is 8.42 Å². The Morgan fingerprint density at radius 3 is 2.25 bits per heavy atom. The van der Waals surface area contributed by atoms with Gasteiger partial charge in [-0.05, 0) is 31.2 Å². The van der Waals surface area contributed by atoms with E-state index in [-0.39, 0.29) is 0 Å². The molecular formula is C16H15NO2S. The monoisotopic (exact) mass is 285 g/mol. The summed E-state index contributed by atoms with van der Waals surface area (Å²) in [5, 5.41) is 0. The molecule has 0 fully saturated rings. The Hall–Kier alpha value is -2.25. The Morgan fingerprint density at radius 2 is 1.60 bits per heavy atom. The lowest BCUT2D eigenvalue weighted by atomic mass is 10.1. The summed E-state index contributed by atoms with van der Waals surface area (Å²) in [6, 6.07) is 14.9. The van der Waals surface area contributed by atoms with Crippen molar-refractivity contribution in [1.82, 2.24) is 0 Å². The van der Waals surface area contributed by atoms with Crippen LogP contribution >= 0.6 is 0 Å². The first-order chi connectivity index (χ1) is 9.44. The number of benzene rings is 2. The lowest BCUT2D eigenvalue weighted by Crippen LogP contribution is -2.10. The number of anilines is 1. The van der Waals surface area contributed by atoms with Crippen molar-refractivity contribution >= 4 is 15.7 Å². The van der Waals surface area contributed by atoms with Crippen molar-refractivity contribution in [3.63, 3.8) is 0 Å². The largest absolute Gasteiger partial charge is 0.283 e. The van der Waals surface area contributed by atoms with E-state index in [4.69, 9.17) is 0 Å². The van der Waals surface area contributed by atoms with E-state index in [1.54, 1.807) is 18.2 Å². The molecule has 0 aliphatic heterocycles. The van der Waals surface area contributed by atoms with Crippen LogP contribution in [0, 0.1) is 18.8 Å². The molecule has 0 radical (unpaired) electrons. The Morgan fingerprint density at radius 1 is 0.950 bits per heavy atom. The Bertz CT molecular complexity index is 766. The second-order valence-electron chi connectivity index (χ2n) is 4.54. The van der Waals surface area contributed by atoms with E-state index in [0.717, 1.165) is 11.8 Å². The highest BCUT2D eigenvalue weighted by Gasteiger charge is 2.04. The van der Waals surface area contributed by atoms with Gasteiger partial charge in [0.05, 0.1) is 11.9 Å². The molecule has 2 aromatic rings. The maximum Gasteiger partial charge on any atom is 0.229 e. The minimum absolute atomic E-state index is 0.495. The summed E-state index contributed by atoms with van der Waals surface area (Å²) in [5.41, 5.74) is 3.22. The van der Waals surface area contributed by atoms with Gasteiger partial charge in [0.25, 0.3) is 0 Å². The van der Waals surface area contributed by atoms with E-state index < -0.39 is 10.0 Å².